The second-order valence-corrected chi connectivity index (χ2v) is 10.6. The van der Waals surface area contributed by atoms with Crippen LogP contribution in [-0.2, 0) is 18.6 Å². The molecule has 8 nitrogen and oxygen atoms in total. The topological polar surface area (TPSA) is 92.8 Å². The van der Waals surface area contributed by atoms with E-state index in [4.69, 9.17) is 16.0 Å². The Bertz CT molecular complexity index is 1610. The van der Waals surface area contributed by atoms with Crippen LogP contribution in [0.1, 0.15) is 61.5 Å². The van der Waals surface area contributed by atoms with Crippen LogP contribution in [-0.4, -0.2) is 30.1 Å². The number of aromatic nitrogens is 5. The van der Waals surface area contributed by atoms with Crippen molar-refractivity contribution in [2.75, 3.05) is 0 Å². The van der Waals surface area contributed by atoms with E-state index in [2.05, 4.69) is 46.2 Å². The molecule has 0 unspecified atom stereocenters. The van der Waals surface area contributed by atoms with Crippen molar-refractivity contribution in [2.45, 2.75) is 58.8 Å². The number of benzene rings is 2. The lowest BCUT2D eigenvalue weighted by atomic mass is 9.98. The zero-order valence-corrected chi connectivity index (χ0v) is 22.7. The molecule has 1 atom stereocenters. The summed E-state index contributed by atoms with van der Waals surface area (Å²) in [6, 6.07) is 18.9. The number of pyridine rings is 1. The molecule has 0 aliphatic heterocycles. The summed E-state index contributed by atoms with van der Waals surface area (Å²) in [6.45, 7) is 9.12. The molecular weight excluding hydrogens is 500 g/mol. The average molecular weight is 531 g/mol. The standard InChI is InChI=1S/C29H31ClN6O2/c1-5-29(3,4)36-27(32-33-34-36)26(23-16-20-13-12-19(2)15-25(20)31-28(23)37)35(18-22-10-8-14-38-22)17-21-9-6-7-11-24(21)30/h6-16,26H,5,17-18H2,1-4H3,(H,31,37)/t26-/m0/s1. The Balaban J connectivity index is 1.74. The molecule has 3 heterocycles. The van der Waals surface area contributed by atoms with E-state index in [9.17, 15) is 4.79 Å². The van der Waals surface area contributed by atoms with Gasteiger partial charge in [-0.05, 0) is 84.5 Å². The van der Waals surface area contributed by atoms with Crippen LogP contribution in [0.25, 0.3) is 10.9 Å². The van der Waals surface area contributed by atoms with Gasteiger partial charge in [0.2, 0.25) is 0 Å². The first kappa shape index (κ1) is 25.9. The number of rotatable bonds is 9. The summed E-state index contributed by atoms with van der Waals surface area (Å²) >= 11 is 6.61. The van der Waals surface area contributed by atoms with Crippen LogP contribution in [0, 0.1) is 6.92 Å². The number of aromatic amines is 1. The highest BCUT2D eigenvalue weighted by Gasteiger charge is 2.35. The summed E-state index contributed by atoms with van der Waals surface area (Å²) in [5, 5.41) is 14.5. The van der Waals surface area contributed by atoms with E-state index >= 15 is 0 Å². The molecule has 9 heteroatoms. The first-order valence-corrected chi connectivity index (χ1v) is 13.1. The molecular formula is C29H31ClN6O2. The van der Waals surface area contributed by atoms with Gasteiger partial charge in [-0.1, -0.05) is 48.9 Å². The fraction of sp³-hybridized carbons (Fsp3) is 0.310. The molecule has 1 N–H and O–H groups in total. The van der Waals surface area contributed by atoms with Crippen molar-refractivity contribution in [1.29, 1.82) is 0 Å². The van der Waals surface area contributed by atoms with E-state index < -0.39 is 6.04 Å². The number of furan rings is 1. The summed E-state index contributed by atoms with van der Waals surface area (Å²) in [7, 11) is 0. The SMILES string of the molecule is CCC(C)(C)n1nnnc1[C@H](c1cc2ccc(C)cc2[nH]c1=O)N(Cc1ccco1)Cc1ccccc1Cl. The minimum absolute atomic E-state index is 0.194. The van der Waals surface area contributed by atoms with Gasteiger partial charge in [0.25, 0.3) is 5.56 Å². The normalized spacial score (nSPS) is 12.9. The molecule has 0 bridgehead atoms. The van der Waals surface area contributed by atoms with Crippen LogP contribution in [0.2, 0.25) is 5.02 Å². The number of tetrazole rings is 1. The summed E-state index contributed by atoms with van der Waals surface area (Å²) in [5.41, 5.74) is 2.76. The molecule has 0 aliphatic carbocycles. The Morgan fingerprint density at radius 1 is 1.11 bits per heavy atom. The minimum atomic E-state index is -0.591. The number of fused-ring (bicyclic) bond motifs is 1. The lowest BCUT2D eigenvalue weighted by Crippen LogP contribution is -2.38. The van der Waals surface area contributed by atoms with Crippen molar-refractivity contribution >= 4 is 22.5 Å². The maximum atomic E-state index is 13.7. The molecule has 5 aromatic rings. The molecule has 0 saturated carbocycles. The molecule has 0 saturated heterocycles. The van der Waals surface area contributed by atoms with Gasteiger partial charge >= 0.3 is 0 Å². The Morgan fingerprint density at radius 2 is 1.92 bits per heavy atom. The second kappa shape index (κ2) is 10.6. The maximum absolute atomic E-state index is 13.7. The van der Waals surface area contributed by atoms with Crippen molar-refractivity contribution in [1.82, 2.24) is 30.1 Å². The number of nitrogens with one attached hydrogen (secondary N) is 1. The first-order chi connectivity index (χ1) is 18.3. The number of aryl methyl sites for hydroxylation is 1. The molecule has 0 amide bonds. The number of hydrogen-bond donors (Lipinski definition) is 1. The van der Waals surface area contributed by atoms with Gasteiger partial charge in [0.1, 0.15) is 11.8 Å². The Morgan fingerprint density at radius 3 is 2.66 bits per heavy atom. The molecule has 5 rings (SSSR count). The number of halogens is 1. The van der Waals surface area contributed by atoms with Gasteiger partial charge < -0.3 is 9.40 Å². The summed E-state index contributed by atoms with van der Waals surface area (Å²) in [4.78, 5) is 19.0. The van der Waals surface area contributed by atoms with E-state index in [1.54, 1.807) is 6.26 Å². The van der Waals surface area contributed by atoms with Crippen LogP contribution in [0.15, 0.2) is 76.1 Å². The van der Waals surface area contributed by atoms with Gasteiger partial charge in [-0.3, -0.25) is 9.69 Å². The van der Waals surface area contributed by atoms with E-state index in [-0.39, 0.29) is 11.1 Å². The van der Waals surface area contributed by atoms with Gasteiger partial charge in [0.05, 0.1) is 18.3 Å². The molecule has 2 aromatic carbocycles. The van der Waals surface area contributed by atoms with Crippen LogP contribution in [0.3, 0.4) is 0 Å². The Hall–Kier alpha value is -3.75. The summed E-state index contributed by atoms with van der Waals surface area (Å²) in [5.74, 6) is 1.33. The molecule has 38 heavy (non-hydrogen) atoms. The fourth-order valence-electron chi connectivity index (χ4n) is 4.67. The highest BCUT2D eigenvalue weighted by Crippen LogP contribution is 2.33. The Labute approximate surface area is 226 Å². The third-order valence-electron chi connectivity index (χ3n) is 7.14. The van der Waals surface area contributed by atoms with Crippen molar-refractivity contribution in [3.8, 4) is 0 Å². The predicted molar refractivity (Wildman–Crippen MR) is 148 cm³/mol. The molecule has 196 valence electrons. The van der Waals surface area contributed by atoms with Gasteiger partial charge in [-0.15, -0.1) is 5.10 Å². The lowest BCUT2D eigenvalue weighted by Gasteiger charge is -2.33. The van der Waals surface area contributed by atoms with Crippen LogP contribution in [0.5, 0.6) is 0 Å². The molecule has 3 aromatic heterocycles. The zero-order chi connectivity index (χ0) is 26.9. The van der Waals surface area contributed by atoms with Crippen molar-refractivity contribution in [3.63, 3.8) is 0 Å². The third kappa shape index (κ3) is 5.14. The van der Waals surface area contributed by atoms with Gasteiger partial charge in [-0.25, -0.2) is 4.68 Å². The van der Waals surface area contributed by atoms with Gasteiger partial charge in [-0.2, -0.15) is 0 Å². The maximum Gasteiger partial charge on any atom is 0.253 e. The Kier molecular flexibility index (Phi) is 7.19. The molecule has 0 fully saturated rings. The van der Waals surface area contributed by atoms with Crippen LogP contribution >= 0.6 is 11.6 Å². The van der Waals surface area contributed by atoms with E-state index in [1.807, 2.05) is 72.3 Å². The monoisotopic (exact) mass is 530 g/mol. The third-order valence-corrected chi connectivity index (χ3v) is 7.51. The highest BCUT2D eigenvalue weighted by atomic mass is 35.5. The highest BCUT2D eigenvalue weighted by molar-refractivity contribution is 6.31. The van der Waals surface area contributed by atoms with E-state index in [1.165, 1.54) is 0 Å². The van der Waals surface area contributed by atoms with Gasteiger partial charge in [0.15, 0.2) is 5.82 Å². The number of nitrogens with zero attached hydrogens (tertiary/aromatic N) is 5. The zero-order valence-electron chi connectivity index (χ0n) is 22.0. The predicted octanol–water partition coefficient (Wildman–Crippen LogP) is 6.01. The number of hydrogen-bond acceptors (Lipinski definition) is 6. The van der Waals surface area contributed by atoms with E-state index in [0.717, 1.165) is 34.2 Å². The van der Waals surface area contributed by atoms with Crippen molar-refractivity contribution < 1.29 is 4.42 Å². The summed E-state index contributed by atoms with van der Waals surface area (Å²) < 4.78 is 7.58. The van der Waals surface area contributed by atoms with Crippen LogP contribution in [0.4, 0.5) is 0 Å². The average Bonchev–Trinajstić information content (AvgIpc) is 3.59. The molecule has 0 aliphatic rings. The quantitative estimate of drug-likeness (QED) is 0.251. The lowest BCUT2D eigenvalue weighted by molar-refractivity contribution is 0.168. The summed E-state index contributed by atoms with van der Waals surface area (Å²) in [6.07, 6.45) is 2.45. The van der Waals surface area contributed by atoms with Crippen molar-refractivity contribution in [2.24, 2.45) is 0 Å². The molecule has 0 radical (unpaired) electrons. The minimum Gasteiger partial charge on any atom is -0.468 e. The first-order valence-electron chi connectivity index (χ1n) is 12.7. The van der Waals surface area contributed by atoms with Crippen molar-refractivity contribution in [3.05, 3.63) is 111 Å². The number of H-pyrrole nitrogens is 1. The second-order valence-electron chi connectivity index (χ2n) is 10.2. The fourth-order valence-corrected chi connectivity index (χ4v) is 4.86. The van der Waals surface area contributed by atoms with E-state index in [0.29, 0.717) is 29.5 Å². The largest absolute Gasteiger partial charge is 0.468 e. The smallest absolute Gasteiger partial charge is 0.253 e. The molecule has 0 spiro atoms. The van der Waals surface area contributed by atoms with Gasteiger partial charge in [0, 0.05) is 22.6 Å². The van der Waals surface area contributed by atoms with Crippen LogP contribution < -0.4 is 5.56 Å².